The van der Waals surface area contributed by atoms with E-state index in [1.807, 2.05) is 28.8 Å². The predicted octanol–water partition coefficient (Wildman–Crippen LogP) is 1.39. The normalized spacial score (nSPS) is 14.6. The summed E-state index contributed by atoms with van der Waals surface area (Å²) in [7, 11) is 4.70. The van der Waals surface area contributed by atoms with Gasteiger partial charge in [-0.15, -0.1) is 0 Å². The minimum atomic E-state index is -0.448. The number of nitrogens with one attached hydrogen (secondary N) is 1. The van der Waals surface area contributed by atoms with Crippen molar-refractivity contribution in [3.63, 3.8) is 0 Å². The Morgan fingerprint density at radius 2 is 1.83 bits per heavy atom. The molecule has 0 spiro atoms. The maximum atomic E-state index is 12.6. The van der Waals surface area contributed by atoms with Crippen molar-refractivity contribution in [2.24, 2.45) is 0 Å². The summed E-state index contributed by atoms with van der Waals surface area (Å²) < 4.78 is 6.79. The predicted molar refractivity (Wildman–Crippen MR) is 118 cm³/mol. The van der Waals surface area contributed by atoms with Gasteiger partial charge in [-0.1, -0.05) is 18.2 Å². The largest absolute Gasteiger partial charge is 0.385 e. The van der Waals surface area contributed by atoms with Crippen molar-refractivity contribution in [2.45, 2.75) is 13.0 Å². The first-order valence-electron chi connectivity index (χ1n) is 9.50. The Kier molecular flexibility index (Phi) is 6.63. The van der Waals surface area contributed by atoms with E-state index in [1.165, 1.54) is 9.80 Å². The highest BCUT2D eigenvalue weighted by Crippen LogP contribution is 2.26. The van der Waals surface area contributed by atoms with Gasteiger partial charge in [0.25, 0.3) is 11.8 Å². The molecule has 0 bridgehead atoms. The van der Waals surface area contributed by atoms with Gasteiger partial charge in [0.05, 0.1) is 0 Å². The summed E-state index contributed by atoms with van der Waals surface area (Å²) in [4.78, 5) is 40.1. The molecule has 158 valence electrons. The summed E-state index contributed by atoms with van der Waals surface area (Å²) in [5.41, 5.74) is 1.55. The first-order chi connectivity index (χ1) is 14.3. The number of hydrogen-bond acceptors (Lipinski definition) is 5. The van der Waals surface area contributed by atoms with Crippen LogP contribution in [0.5, 0.6) is 0 Å². The van der Waals surface area contributed by atoms with E-state index in [0.29, 0.717) is 18.7 Å². The molecule has 3 amide bonds. The Hall–Kier alpha value is -3.04. The van der Waals surface area contributed by atoms with Crippen LogP contribution < -0.4 is 5.32 Å². The fourth-order valence-electron chi connectivity index (χ4n) is 3.31. The lowest BCUT2D eigenvalue weighted by atomic mass is 10.1. The fraction of sp³-hybridized carbons (Fsp3) is 0.333. The molecule has 0 atom stereocenters. The first-order valence-corrected chi connectivity index (χ1v) is 9.91. The van der Waals surface area contributed by atoms with E-state index in [1.54, 1.807) is 33.5 Å². The number of para-hydroxylation sites is 1. The van der Waals surface area contributed by atoms with Gasteiger partial charge in [-0.3, -0.25) is 24.2 Å². The number of hydrogen-bond donors (Lipinski definition) is 1. The van der Waals surface area contributed by atoms with E-state index in [4.69, 9.17) is 17.0 Å². The number of amides is 3. The lowest BCUT2D eigenvalue weighted by Crippen LogP contribution is -2.52. The van der Waals surface area contributed by atoms with Gasteiger partial charge >= 0.3 is 0 Å². The van der Waals surface area contributed by atoms with E-state index in [0.717, 1.165) is 17.3 Å². The summed E-state index contributed by atoms with van der Waals surface area (Å²) in [5, 5.41) is 3.87. The zero-order chi connectivity index (χ0) is 21.8. The van der Waals surface area contributed by atoms with Crippen molar-refractivity contribution in [2.75, 3.05) is 34.4 Å². The smallest absolute Gasteiger partial charge is 0.265 e. The SMILES string of the molecule is COCCCNC(=O)Cn1cc(C=C2C(=O)N(C)C(=S)N(C)C2=O)c2ccccc21. The molecule has 1 aromatic carbocycles. The Bertz CT molecular complexity index is 1020. The molecule has 1 N–H and O–H groups in total. The van der Waals surface area contributed by atoms with Crippen LogP contribution in [0.25, 0.3) is 17.0 Å². The third kappa shape index (κ3) is 4.27. The molecule has 0 unspecified atom stereocenters. The number of carbonyl (C=O) groups excluding carboxylic acids is 3. The van der Waals surface area contributed by atoms with Gasteiger partial charge < -0.3 is 14.6 Å². The molecule has 9 heteroatoms. The molecule has 30 heavy (non-hydrogen) atoms. The highest BCUT2D eigenvalue weighted by molar-refractivity contribution is 7.80. The standard InChI is InChI=1S/C21H24N4O4S/c1-23-19(27)16(20(28)24(2)21(23)30)11-14-12-25(17-8-5-4-7-15(14)17)13-18(26)22-9-6-10-29-3/h4-5,7-8,11-12H,6,9-10,13H2,1-3H3,(H,22,26). The minimum Gasteiger partial charge on any atom is -0.385 e. The summed E-state index contributed by atoms with van der Waals surface area (Å²) in [6, 6.07) is 7.54. The molecule has 1 fully saturated rings. The van der Waals surface area contributed by atoms with Gasteiger partial charge in [0.1, 0.15) is 12.1 Å². The maximum absolute atomic E-state index is 12.6. The number of carbonyl (C=O) groups is 3. The lowest BCUT2D eigenvalue weighted by Gasteiger charge is -2.31. The van der Waals surface area contributed by atoms with Gasteiger partial charge in [-0.2, -0.15) is 0 Å². The lowest BCUT2D eigenvalue weighted by molar-refractivity contribution is -0.132. The van der Waals surface area contributed by atoms with E-state index in [9.17, 15) is 14.4 Å². The number of benzene rings is 1. The highest BCUT2D eigenvalue weighted by Gasteiger charge is 2.35. The monoisotopic (exact) mass is 428 g/mol. The summed E-state index contributed by atoms with van der Waals surface area (Å²) >= 11 is 5.13. The van der Waals surface area contributed by atoms with Crippen LogP contribution in [0.15, 0.2) is 36.0 Å². The Morgan fingerprint density at radius 1 is 1.17 bits per heavy atom. The third-order valence-corrected chi connectivity index (χ3v) is 5.47. The van der Waals surface area contributed by atoms with Crippen molar-refractivity contribution in [3.05, 3.63) is 41.6 Å². The van der Waals surface area contributed by atoms with Crippen molar-refractivity contribution in [1.82, 2.24) is 19.7 Å². The molecule has 0 saturated carbocycles. The van der Waals surface area contributed by atoms with Gasteiger partial charge in [-0.05, 0) is 30.8 Å². The molecule has 1 aliphatic rings. The van der Waals surface area contributed by atoms with Crippen LogP contribution in [0.3, 0.4) is 0 Å². The summed E-state index contributed by atoms with van der Waals surface area (Å²) in [5.74, 6) is -1.02. The van der Waals surface area contributed by atoms with Gasteiger partial charge in [-0.25, -0.2) is 0 Å². The van der Waals surface area contributed by atoms with E-state index >= 15 is 0 Å². The van der Waals surface area contributed by atoms with E-state index in [-0.39, 0.29) is 23.1 Å². The fourth-order valence-corrected chi connectivity index (χ4v) is 3.47. The Labute approximate surface area is 180 Å². The average molecular weight is 429 g/mol. The van der Waals surface area contributed by atoms with Crippen LogP contribution in [0.2, 0.25) is 0 Å². The summed E-state index contributed by atoms with van der Waals surface area (Å²) in [6.07, 6.45) is 4.08. The minimum absolute atomic E-state index is 0.0283. The number of thiocarbonyl (C=S) groups is 1. The Morgan fingerprint density at radius 3 is 2.50 bits per heavy atom. The second-order valence-corrected chi connectivity index (χ2v) is 7.36. The number of methoxy groups -OCH3 is 1. The van der Waals surface area contributed by atoms with Crippen LogP contribution >= 0.6 is 12.2 Å². The van der Waals surface area contributed by atoms with Gasteiger partial charge in [0, 0.05) is 57.0 Å². The molecule has 2 heterocycles. The number of aromatic nitrogens is 1. The molecule has 2 aromatic rings. The number of rotatable bonds is 7. The van der Waals surface area contributed by atoms with Crippen molar-refractivity contribution < 1.29 is 19.1 Å². The molecular formula is C21H24N4O4S. The summed E-state index contributed by atoms with van der Waals surface area (Å²) in [6.45, 7) is 1.24. The van der Waals surface area contributed by atoms with Crippen molar-refractivity contribution in [1.29, 1.82) is 0 Å². The van der Waals surface area contributed by atoms with Gasteiger partial charge in [0.15, 0.2) is 5.11 Å². The van der Waals surface area contributed by atoms with Crippen molar-refractivity contribution in [3.8, 4) is 0 Å². The molecule has 1 aliphatic heterocycles. The Balaban J connectivity index is 1.91. The average Bonchev–Trinajstić information content (AvgIpc) is 3.08. The number of nitrogens with zero attached hydrogens (tertiary/aromatic N) is 3. The molecule has 8 nitrogen and oxygen atoms in total. The van der Waals surface area contributed by atoms with Crippen LogP contribution in [-0.4, -0.2) is 71.6 Å². The maximum Gasteiger partial charge on any atom is 0.265 e. The van der Waals surface area contributed by atoms with E-state index in [2.05, 4.69) is 5.32 Å². The van der Waals surface area contributed by atoms with E-state index < -0.39 is 11.8 Å². The third-order valence-electron chi connectivity index (χ3n) is 4.92. The second-order valence-electron chi connectivity index (χ2n) is 6.99. The van der Waals surface area contributed by atoms with Crippen LogP contribution in [0, 0.1) is 0 Å². The molecule has 1 saturated heterocycles. The topological polar surface area (TPSA) is 83.9 Å². The zero-order valence-electron chi connectivity index (χ0n) is 17.2. The molecule has 0 radical (unpaired) electrons. The number of likely N-dealkylation sites (N-methyl/N-ethyl adjacent to an activating group) is 2. The first kappa shape index (κ1) is 21.7. The molecule has 0 aliphatic carbocycles. The van der Waals surface area contributed by atoms with Crippen LogP contribution in [0.4, 0.5) is 0 Å². The second kappa shape index (κ2) is 9.19. The number of ether oxygens (including phenoxy) is 1. The van der Waals surface area contributed by atoms with Gasteiger partial charge in [0.2, 0.25) is 5.91 Å². The molecule has 1 aromatic heterocycles. The highest BCUT2D eigenvalue weighted by atomic mass is 32.1. The zero-order valence-corrected chi connectivity index (χ0v) is 18.0. The van der Waals surface area contributed by atoms with Crippen molar-refractivity contribution >= 4 is 52.0 Å². The molecule has 3 rings (SSSR count). The van der Waals surface area contributed by atoms with Crippen LogP contribution in [-0.2, 0) is 25.7 Å². The number of fused-ring (bicyclic) bond motifs is 1. The van der Waals surface area contributed by atoms with Crippen LogP contribution in [0.1, 0.15) is 12.0 Å². The quantitative estimate of drug-likeness (QED) is 0.312. The molecular weight excluding hydrogens is 404 g/mol.